The molecular weight excluding hydrogens is 551 g/mol. The second-order valence-electron chi connectivity index (χ2n) is 5.79. The van der Waals surface area contributed by atoms with Crippen molar-refractivity contribution in [1.29, 1.82) is 0 Å². The highest BCUT2D eigenvalue weighted by atomic mass is 127. The summed E-state index contributed by atoms with van der Waals surface area (Å²) in [5, 5.41) is 7.63. The van der Waals surface area contributed by atoms with Gasteiger partial charge in [0.05, 0.1) is 10.6 Å². The van der Waals surface area contributed by atoms with Crippen LogP contribution in [0.1, 0.15) is 19.5 Å². The lowest BCUT2D eigenvalue weighted by molar-refractivity contribution is 0.478. The summed E-state index contributed by atoms with van der Waals surface area (Å²) in [6.45, 7) is 5.16. The molecule has 0 atom stereocenters. The number of alkyl halides is 1. The monoisotopic (exact) mass is 570 g/mol. The highest BCUT2D eigenvalue weighted by Gasteiger charge is 2.21. The van der Waals surface area contributed by atoms with Crippen LogP contribution in [0, 0.1) is 0 Å². The summed E-state index contributed by atoms with van der Waals surface area (Å²) >= 11 is 2.04. The van der Waals surface area contributed by atoms with Crippen molar-refractivity contribution in [2.75, 3.05) is 23.7 Å². The van der Waals surface area contributed by atoms with Crippen molar-refractivity contribution in [3.8, 4) is 0 Å². The fraction of sp³-hybridized carbons (Fsp3) is 0.333. The zero-order valence-electron chi connectivity index (χ0n) is 15.9. The van der Waals surface area contributed by atoms with Crippen LogP contribution in [0.25, 0.3) is 0 Å². The van der Waals surface area contributed by atoms with Crippen molar-refractivity contribution in [3.05, 3.63) is 23.9 Å². The molecule has 0 aliphatic carbocycles. The average molecular weight is 570 g/mol. The maximum absolute atomic E-state index is 11.6. The predicted molar refractivity (Wildman–Crippen MR) is 118 cm³/mol. The Bertz CT molecular complexity index is 1180. The lowest BCUT2D eigenvalue weighted by atomic mass is 10.3. The van der Waals surface area contributed by atoms with Crippen molar-refractivity contribution in [3.63, 3.8) is 0 Å². The van der Waals surface area contributed by atoms with Crippen LogP contribution >= 0.6 is 22.6 Å². The van der Waals surface area contributed by atoms with Crippen LogP contribution in [0.2, 0.25) is 0 Å². The molecule has 0 fully saturated rings. The van der Waals surface area contributed by atoms with E-state index in [0.717, 1.165) is 18.2 Å². The number of rotatable bonds is 8. The van der Waals surface area contributed by atoms with Gasteiger partial charge in [0.25, 0.3) is 20.2 Å². The van der Waals surface area contributed by atoms with E-state index in [1.54, 1.807) is 0 Å². The third-order valence-corrected chi connectivity index (χ3v) is 6.38. The molecule has 0 aliphatic heterocycles. The van der Waals surface area contributed by atoms with Gasteiger partial charge in [0.15, 0.2) is 11.5 Å². The van der Waals surface area contributed by atoms with Gasteiger partial charge in [0.2, 0.25) is 5.95 Å². The summed E-state index contributed by atoms with van der Waals surface area (Å²) in [6, 6.07) is 2.35. The number of nitrogen functional groups attached to an aromatic ring is 1. The fourth-order valence-corrected chi connectivity index (χ4v) is 4.05. The molecule has 1 aromatic heterocycles. The first-order valence-corrected chi connectivity index (χ1v) is 12.8. The Morgan fingerprint density at radius 3 is 2.20 bits per heavy atom. The van der Waals surface area contributed by atoms with Gasteiger partial charge in [0.1, 0.15) is 10.6 Å². The molecule has 0 spiro atoms. The third kappa shape index (κ3) is 5.60. The Morgan fingerprint density at radius 1 is 1.07 bits per heavy atom. The Labute approximate surface area is 187 Å². The molecule has 15 heteroatoms. The minimum absolute atomic E-state index is 0.0124. The van der Waals surface area contributed by atoms with Crippen LogP contribution in [0.4, 0.5) is 23.1 Å². The molecule has 2 rings (SSSR count). The van der Waals surface area contributed by atoms with Gasteiger partial charge >= 0.3 is 0 Å². The van der Waals surface area contributed by atoms with E-state index in [9.17, 15) is 25.9 Å². The van der Waals surface area contributed by atoms with Crippen molar-refractivity contribution < 1.29 is 25.9 Å². The fourth-order valence-electron chi connectivity index (χ4n) is 2.41. The molecule has 12 nitrogen and oxygen atoms in total. The first kappa shape index (κ1) is 24.3. The first-order chi connectivity index (χ1) is 13.9. The van der Waals surface area contributed by atoms with E-state index in [1.807, 2.05) is 41.3 Å². The molecule has 0 saturated carbocycles. The van der Waals surface area contributed by atoms with Gasteiger partial charge in [-0.3, -0.25) is 9.11 Å². The molecule has 0 bridgehead atoms. The molecule has 4 N–H and O–H groups in total. The Kier molecular flexibility index (Phi) is 7.67. The average Bonchev–Trinajstić information content (AvgIpc) is 2.66. The van der Waals surface area contributed by atoms with Crippen molar-refractivity contribution >= 4 is 66.0 Å². The summed E-state index contributed by atoms with van der Waals surface area (Å²) in [4.78, 5) is 9.15. The molecule has 0 aliphatic rings. The Balaban J connectivity index is 2.64. The SMILES string of the molecule is CCN(CC)c1nc(N)c(/N=N/c2cc(S(=O)(=O)O)ccc2S(=O)(=O)O)c(CI)n1. The van der Waals surface area contributed by atoms with Gasteiger partial charge in [-0.1, -0.05) is 22.6 Å². The molecule has 164 valence electrons. The van der Waals surface area contributed by atoms with Gasteiger partial charge < -0.3 is 10.6 Å². The van der Waals surface area contributed by atoms with Gasteiger partial charge in [-0.15, -0.1) is 10.2 Å². The topological polar surface area (TPSA) is 188 Å². The third-order valence-electron chi connectivity index (χ3n) is 3.91. The van der Waals surface area contributed by atoms with Crippen LogP contribution in [-0.2, 0) is 24.7 Å². The standard InChI is InChI=1S/C15H19IN6O6S2/c1-3-22(4-2)15-18-11(8-16)13(14(17)19-15)21-20-10-7-9(29(23,24)25)5-6-12(10)30(26,27)28/h5-7H,3-4,8H2,1-2H3,(H2,17,18,19)(H,23,24,25)(H,26,27,28)/b21-20+. The number of halogens is 1. The van der Waals surface area contributed by atoms with Crippen molar-refractivity contribution in [2.45, 2.75) is 28.1 Å². The van der Waals surface area contributed by atoms with E-state index >= 15 is 0 Å². The van der Waals surface area contributed by atoms with Crippen LogP contribution in [-0.4, -0.2) is 49.0 Å². The van der Waals surface area contributed by atoms with Crippen molar-refractivity contribution in [2.24, 2.45) is 10.2 Å². The summed E-state index contributed by atoms with van der Waals surface area (Å²) < 4.78 is 64.8. The van der Waals surface area contributed by atoms with E-state index in [4.69, 9.17) is 5.73 Å². The number of nitrogens with zero attached hydrogens (tertiary/aromatic N) is 5. The van der Waals surface area contributed by atoms with E-state index < -0.39 is 35.7 Å². The van der Waals surface area contributed by atoms with E-state index in [2.05, 4.69) is 20.2 Å². The van der Waals surface area contributed by atoms with Gasteiger partial charge in [0, 0.05) is 17.5 Å². The second kappa shape index (κ2) is 9.46. The Hall–Kier alpha value is -1.95. The zero-order chi connectivity index (χ0) is 22.7. The van der Waals surface area contributed by atoms with Gasteiger partial charge in [-0.25, -0.2) is 4.98 Å². The van der Waals surface area contributed by atoms with Gasteiger partial charge in [-0.2, -0.15) is 21.8 Å². The lowest BCUT2D eigenvalue weighted by Crippen LogP contribution is -2.25. The summed E-state index contributed by atoms with van der Waals surface area (Å²) in [7, 11) is -9.40. The highest BCUT2D eigenvalue weighted by Crippen LogP contribution is 2.33. The first-order valence-electron chi connectivity index (χ1n) is 8.40. The molecule has 1 aromatic carbocycles. The molecule has 0 unspecified atom stereocenters. The molecule has 1 heterocycles. The maximum atomic E-state index is 11.6. The number of azo groups is 1. The minimum atomic E-state index is -4.75. The molecular formula is C15H19IN6O6S2. The largest absolute Gasteiger partial charge is 0.382 e. The van der Waals surface area contributed by atoms with Crippen LogP contribution in [0.5, 0.6) is 0 Å². The molecule has 0 amide bonds. The van der Waals surface area contributed by atoms with Crippen LogP contribution < -0.4 is 10.6 Å². The number of benzene rings is 1. The summed E-state index contributed by atoms with van der Waals surface area (Å²) in [6.07, 6.45) is 0. The predicted octanol–water partition coefficient (Wildman–Crippen LogP) is 2.75. The normalized spacial score (nSPS) is 12.4. The minimum Gasteiger partial charge on any atom is -0.382 e. The Morgan fingerprint density at radius 2 is 1.70 bits per heavy atom. The number of hydrogen-bond acceptors (Lipinski definition) is 10. The molecule has 30 heavy (non-hydrogen) atoms. The number of nitrogens with two attached hydrogens (primary N) is 1. The molecule has 0 saturated heterocycles. The van der Waals surface area contributed by atoms with E-state index in [1.165, 1.54) is 0 Å². The molecule has 0 radical (unpaired) electrons. The van der Waals surface area contributed by atoms with E-state index in [0.29, 0.717) is 29.2 Å². The van der Waals surface area contributed by atoms with Crippen LogP contribution in [0.15, 0.2) is 38.2 Å². The number of anilines is 2. The lowest BCUT2D eigenvalue weighted by Gasteiger charge is -2.19. The smallest absolute Gasteiger partial charge is 0.296 e. The molecule has 2 aromatic rings. The summed E-state index contributed by atoms with van der Waals surface area (Å²) in [5.74, 6) is 0.386. The second-order valence-corrected chi connectivity index (χ2v) is 9.36. The zero-order valence-corrected chi connectivity index (χ0v) is 19.7. The highest BCUT2D eigenvalue weighted by molar-refractivity contribution is 14.1. The van der Waals surface area contributed by atoms with Gasteiger partial charge in [-0.05, 0) is 32.0 Å². The van der Waals surface area contributed by atoms with Crippen LogP contribution in [0.3, 0.4) is 0 Å². The number of hydrogen-bond donors (Lipinski definition) is 3. The van der Waals surface area contributed by atoms with Crippen molar-refractivity contribution in [1.82, 2.24) is 9.97 Å². The van der Waals surface area contributed by atoms with E-state index in [-0.39, 0.29) is 11.5 Å². The quantitative estimate of drug-likeness (QED) is 0.184. The summed E-state index contributed by atoms with van der Waals surface area (Å²) in [5.41, 5.74) is 5.97. The maximum Gasteiger partial charge on any atom is 0.296 e. The number of aromatic nitrogens is 2.